The number of aromatic nitrogens is 3. The van der Waals surface area contributed by atoms with Gasteiger partial charge in [0.25, 0.3) is 5.91 Å². The second kappa shape index (κ2) is 9.28. The Labute approximate surface area is 194 Å². The summed E-state index contributed by atoms with van der Waals surface area (Å²) in [5, 5.41) is 10.2. The minimum atomic E-state index is -0.908. The van der Waals surface area contributed by atoms with Crippen molar-refractivity contribution >= 4 is 38.8 Å². The number of carboxylic acid groups (broad SMARTS) is 1. The van der Waals surface area contributed by atoms with Crippen LogP contribution >= 0.6 is 15.9 Å². The maximum Gasteiger partial charge on any atom is 0.323 e. The lowest BCUT2D eigenvalue weighted by Crippen LogP contribution is -2.38. The van der Waals surface area contributed by atoms with E-state index in [0.717, 1.165) is 23.8 Å². The van der Waals surface area contributed by atoms with Crippen molar-refractivity contribution in [1.82, 2.24) is 19.4 Å². The average Bonchev–Trinajstić information content (AvgIpc) is 3.10. The molecule has 0 radical (unpaired) electrons. The molecule has 1 fully saturated rings. The average molecular weight is 501 g/mol. The lowest BCUT2D eigenvalue weighted by Gasteiger charge is -2.32. The van der Waals surface area contributed by atoms with Crippen LogP contribution in [0.1, 0.15) is 48.5 Å². The molecule has 3 aromatic heterocycles. The molecule has 168 valence electrons. The van der Waals surface area contributed by atoms with Gasteiger partial charge in [-0.15, -0.1) is 0 Å². The summed E-state index contributed by atoms with van der Waals surface area (Å²) in [6.07, 6.45) is 5.10. The van der Waals surface area contributed by atoms with Crippen LogP contribution < -0.4 is 4.74 Å². The number of amides is 1. The van der Waals surface area contributed by atoms with Gasteiger partial charge in [-0.1, -0.05) is 0 Å². The van der Waals surface area contributed by atoms with Crippen molar-refractivity contribution in [3.05, 3.63) is 52.4 Å². The zero-order valence-corrected chi connectivity index (χ0v) is 19.6. The molecule has 0 unspecified atom stereocenters. The van der Waals surface area contributed by atoms with Gasteiger partial charge in [0.2, 0.25) is 5.88 Å². The maximum atomic E-state index is 12.9. The van der Waals surface area contributed by atoms with Gasteiger partial charge in [0.1, 0.15) is 16.8 Å². The normalized spacial score (nSPS) is 14.8. The summed E-state index contributed by atoms with van der Waals surface area (Å²) < 4.78 is 7.89. The SMILES string of the molecule is CC(C)Oc1ccc(C(=O)N2CCC(c3cn(CC(=O)O)c4nc(Br)ccc34)CC2)cn1. The third-order valence-electron chi connectivity index (χ3n) is 5.59. The molecule has 8 nitrogen and oxygen atoms in total. The first-order valence-corrected chi connectivity index (χ1v) is 11.4. The number of aliphatic carboxylic acids is 1. The van der Waals surface area contributed by atoms with Gasteiger partial charge in [0, 0.05) is 36.9 Å². The van der Waals surface area contributed by atoms with E-state index in [2.05, 4.69) is 25.9 Å². The van der Waals surface area contributed by atoms with Gasteiger partial charge < -0.3 is 19.3 Å². The quantitative estimate of drug-likeness (QED) is 0.512. The van der Waals surface area contributed by atoms with E-state index in [0.29, 0.717) is 34.8 Å². The van der Waals surface area contributed by atoms with E-state index in [9.17, 15) is 14.7 Å². The predicted molar refractivity (Wildman–Crippen MR) is 123 cm³/mol. The highest BCUT2D eigenvalue weighted by atomic mass is 79.9. The van der Waals surface area contributed by atoms with Gasteiger partial charge >= 0.3 is 5.97 Å². The Balaban J connectivity index is 1.47. The number of likely N-dealkylation sites (tertiary alicyclic amines) is 1. The predicted octanol–water partition coefficient (Wildman–Crippen LogP) is 4.09. The van der Waals surface area contributed by atoms with Gasteiger partial charge in [-0.05, 0) is 72.3 Å². The highest BCUT2D eigenvalue weighted by Gasteiger charge is 2.27. The fourth-order valence-corrected chi connectivity index (χ4v) is 4.45. The van der Waals surface area contributed by atoms with Crippen LogP contribution in [0, 0.1) is 0 Å². The molecule has 1 amide bonds. The fourth-order valence-electron chi connectivity index (χ4n) is 4.15. The molecular weight excluding hydrogens is 476 g/mol. The standard InChI is InChI=1S/C23H25BrN4O4/c1-14(2)32-20-6-3-16(11-25-20)23(31)27-9-7-15(8-10-27)18-12-28(13-21(29)30)22-17(18)4-5-19(24)26-22/h3-6,11-12,14-15H,7-10,13H2,1-2H3,(H,29,30). The first kappa shape index (κ1) is 22.3. The van der Waals surface area contributed by atoms with E-state index in [1.54, 1.807) is 22.9 Å². The Bertz CT molecular complexity index is 1130. The number of piperidine rings is 1. The lowest BCUT2D eigenvalue weighted by atomic mass is 9.89. The van der Waals surface area contributed by atoms with Crippen LogP contribution in [0.4, 0.5) is 0 Å². The number of carbonyl (C=O) groups is 2. The van der Waals surface area contributed by atoms with Gasteiger partial charge in [0.15, 0.2) is 0 Å². The van der Waals surface area contributed by atoms with E-state index >= 15 is 0 Å². The molecule has 0 aromatic carbocycles. The van der Waals surface area contributed by atoms with Crippen molar-refractivity contribution in [3.63, 3.8) is 0 Å². The van der Waals surface area contributed by atoms with Crippen molar-refractivity contribution in [3.8, 4) is 5.88 Å². The molecule has 0 bridgehead atoms. The number of carbonyl (C=O) groups excluding carboxylic acids is 1. The third-order valence-corrected chi connectivity index (χ3v) is 6.03. The fraction of sp³-hybridized carbons (Fsp3) is 0.391. The number of halogens is 1. The first-order chi connectivity index (χ1) is 15.3. The van der Waals surface area contributed by atoms with Crippen LogP contribution in [0.25, 0.3) is 11.0 Å². The van der Waals surface area contributed by atoms with Crippen molar-refractivity contribution in [2.45, 2.75) is 45.3 Å². The number of hydrogen-bond acceptors (Lipinski definition) is 5. The molecule has 4 rings (SSSR count). The van der Waals surface area contributed by atoms with Crippen molar-refractivity contribution in [2.24, 2.45) is 0 Å². The smallest absolute Gasteiger partial charge is 0.323 e. The topological polar surface area (TPSA) is 97.5 Å². The Hall–Kier alpha value is -2.94. The number of pyridine rings is 2. The van der Waals surface area contributed by atoms with E-state index < -0.39 is 5.97 Å². The summed E-state index contributed by atoms with van der Waals surface area (Å²) in [5.41, 5.74) is 2.29. The number of rotatable bonds is 6. The largest absolute Gasteiger partial charge is 0.480 e. The number of ether oxygens (including phenoxy) is 1. The molecule has 9 heteroatoms. The van der Waals surface area contributed by atoms with Crippen molar-refractivity contribution < 1.29 is 19.4 Å². The van der Waals surface area contributed by atoms with Crippen LogP contribution in [0.5, 0.6) is 5.88 Å². The van der Waals surface area contributed by atoms with E-state index in [1.807, 2.05) is 37.1 Å². The zero-order chi connectivity index (χ0) is 22.8. The van der Waals surface area contributed by atoms with Gasteiger partial charge in [-0.2, -0.15) is 0 Å². The van der Waals surface area contributed by atoms with Crippen LogP contribution in [-0.2, 0) is 11.3 Å². The Kier molecular flexibility index (Phi) is 6.45. The van der Waals surface area contributed by atoms with Crippen LogP contribution in [0.3, 0.4) is 0 Å². The van der Waals surface area contributed by atoms with Crippen LogP contribution in [0.2, 0.25) is 0 Å². The summed E-state index contributed by atoms with van der Waals surface area (Å²) in [6, 6.07) is 7.32. The van der Waals surface area contributed by atoms with Gasteiger partial charge in [-0.3, -0.25) is 9.59 Å². The number of nitrogens with zero attached hydrogens (tertiary/aromatic N) is 4. The van der Waals surface area contributed by atoms with Crippen molar-refractivity contribution in [1.29, 1.82) is 0 Å². The van der Waals surface area contributed by atoms with Crippen molar-refractivity contribution in [2.75, 3.05) is 13.1 Å². The summed E-state index contributed by atoms with van der Waals surface area (Å²) in [7, 11) is 0. The minimum absolute atomic E-state index is 0.0286. The molecule has 0 atom stereocenters. The van der Waals surface area contributed by atoms with Crippen LogP contribution in [0.15, 0.2) is 41.3 Å². The minimum Gasteiger partial charge on any atom is -0.480 e. The summed E-state index contributed by atoms with van der Waals surface area (Å²) >= 11 is 3.37. The van der Waals surface area contributed by atoms with Gasteiger partial charge in [0.05, 0.1) is 11.7 Å². The number of hydrogen-bond donors (Lipinski definition) is 1. The zero-order valence-electron chi connectivity index (χ0n) is 18.0. The second-order valence-electron chi connectivity index (χ2n) is 8.23. The molecule has 3 aromatic rings. The lowest BCUT2D eigenvalue weighted by molar-refractivity contribution is -0.137. The molecule has 1 aliphatic heterocycles. The molecule has 32 heavy (non-hydrogen) atoms. The molecule has 4 heterocycles. The Morgan fingerprint density at radius 2 is 1.97 bits per heavy atom. The van der Waals surface area contributed by atoms with Crippen LogP contribution in [-0.4, -0.2) is 55.6 Å². The maximum absolute atomic E-state index is 12.9. The molecule has 1 aliphatic rings. The monoisotopic (exact) mass is 500 g/mol. The number of fused-ring (bicyclic) bond motifs is 1. The molecule has 0 saturated carbocycles. The third kappa shape index (κ3) is 4.77. The first-order valence-electron chi connectivity index (χ1n) is 10.6. The summed E-state index contributed by atoms with van der Waals surface area (Å²) in [6.45, 7) is 4.98. The highest BCUT2D eigenvalue weighted by Crippen LogP contribution is 2.35. The summed E-state index contributed by atoms with van der Waals surface area (Å²) in [4.78, 5) is 34.8. The highest BCUT2D eigenvalue weighted by molar-refractivity contribution is 9.10. The van der Waals surface area contributed by atoms with E-state index in [-0.39, 0.29) is 24.5 Å². The second-order valence-corrected chi connectivity index (χ2v) is 9.04. The molecule has 1 saturated heterocycles. The molecule has 0 aliphatic carbocycles. The molecule has 1 N–H and O–H groups in total. The Morgan fingerprint density at radius 3 is 2.59 bits per heavy atom. The van der Waals surface area contributed by atoms with E-state index in [1.165, 1.54) is 0 Å². The van der Waals surface area contributed by atoms with Gasteiger partial charge in [-0.25, -0.2) is 9.97 Å². The number of carboxylic acids is 1. The Morgan fingerprint density at radius 1 is 1.22 bits per heavy atom. The molecular formula is C23H25BrN4O4. The summed E-state index contributed by atoms with van der Waals surface area (Å²) in [5.74, 6) is -0.201. The van der Waals surface area contributed by atoms with E-state index in [4.69, 9.17) is 4.74 Å². The molecule has 0 spiro atoms.